The van der Waals surface area contributed by atoms with Crippen LogP contribution in [0.1, 0.15) is 6.92 Å². The summed E-state index contributed by atoms with van der Waals surface area (Å²) in [5, 5.41) is 17.3. The fourth-order valence-corrected chi connectivity index (χ4v) is 1.36. The van der Waals surface area contributed by atoms with Gasteiger partial charge in [0, 0.05) is 12.1 Å². The van der Waals surface area contributed by atoms with Crippen molar-refractivity contribution in [1.29, 1.82) is 0 Å². The number of hydrogen-bond acceptors (Lipinski definition) is 3. The van der Waals surface area contributed by atoms with Crippen LogP contribution in [-0.4, -0.2) is 12.4 Å². The van der Waals surface area contributed by atoms with E-state index in [1.54, 1.807) is 24.3 Å². The van der Waals surface area contributed by atoms with Gasteiger partial charge in [-0.25, -0.2) is 4.57 Å². The molecular weight excluding hydrogens is 301 g/mol. The van der Waals surface area contributed by atoms with Gasteiger partial charge in [-0.15, -0.1) is 0 Å². The highest BCUT2D eigenvalue weighted by molar-refractivity contribution is 6.50. The maximum atomic E-state index is 9.75. The summed E-state index contributed by atoms with van der Waals surface area (Å²) in [6.07, 6.45) is 3.93. The zero-order valence-corrected chi connectivity index (χ0v) is 11.7. The van der Waals surface area contributed by atoms with Crippen molar-refractivity contribution in [3.05, 3.63) is 48.8 Å². The summed E-state index contributed by atoms with van der Waals surface area (Å²) < 4.78 is 41.1. The van der Waals surface area contributed by atoms with Crippen LogP contribution >= 0.6 is 0 Å². The Morgan fingerprint density at radius 2 is 1.32 bits per heavy atom. The lowest BCUT2D eigenvalue weighted by Gasteiger charge is -1.94. The van der Waals surface area contributed by atoms with Crippen molar-refractivity contribution in [3.8, 4) is 5.75 Å². The van der Waals surface area contributed by atoms with Crippen LogP contribution in [0.15, 0.2) is 59.0 Å². The molecule has 0 amide bonds. The standard InChI is InChI=1S/C13H13N3O.BF4/c1-2-16-9-7-12(8-10-16)15-14-11-3-5-13(17)6-4-11;2-1(3,4)5/h3-10H,2H2,1H3;/q;-1/p+1. The maximum absolute atomic E-state index is 9.75. The number of halogens is 4. The summed E-state index contributed by atoms with van der Waals surface area (Å²) >= 11 is 0. The first-order chi connectivity index (χ1) is 10.3. The second kappa shape index (κ2) is 8.11. The molecule has 0 spiro atoms. The van der Waals surface area contributed by atoms with Crippen LogP contribution in [0.5, 0.6) is 5.75 Å². The topological polar surface area (TPSA) is 48.8 Å². The van der Waals surface area contributed by atoms with E-state index < -0.39 is 7.25 Å². The number of aryl methyl sites for hydroxylation is 1. The van der Waals surface area contributed by atoms with Gasteiger partial charge in [0.1, 0.15) is 12.3 Å². The smallest absolute Gasteiger partial charge is 0.508 e. The van der Waals surface area contributed by atoms with Crippen molar-refractivity contribution in [2.24, 2.45) is 10.2 Å². The van der Waals surface area contributed by atoms with Gasteiger partial charge in [0.05, 0.1) is 11.4 Å². The number of rotatable bonds is 3. The first-order valence-corrected chi connectivity index (χ1v) is 6.35. The SMILES string of the molecule is CC[n+]1ccc(N=Nc2ccc(O)cc2)cc1.F[B-](F)(F)F. The minimum Gasteiger partial charge on any atom is -0.508 e. The summed E-state index contributed by atoms with van der Waals surface area (Å²) in [5.74, 6) is 0.229. The van der Waals surface area contributed by atoms with E-state index in [-0.39, 0.29) is 5.75 Å². The maximum Gasteiger partial charge on any atom is 0.673 e. The predicted octanol–water partition coefficient (Wildman–Crippen LogP) is 4.42. The van der Waals surface area contributed by atoms with Gasteiger partial charge in [0.15, 0.2) is 12.4 Å². The van der Waals surface area contributed by atoms with Crippen LogP contribution in [0.2, 0.25) is 0 Å². The predicted molar refractivity (Wildman–Crippen MR) is 74.8 cm³/mol. The number of hydrogen-bond donors (Lipinski definition) is 1. The van der Waals surface area contributed by atoms with Crippen LogP contribution in [0.4, 0.5) is 28.6 Å². The third kappa shape index (κ3) is 7.98. The summed E-state index contributed by atoms with van der Waals surface area (Å²) in [4.78, 5) is 0. The molecule has 22 heavy (non-hydrogen) atoms. The van der Waals surface area contributed by atoms with Gasteiger partial charge in [-0.05, 0) is 31.2 Å². The monoisotopic (exact) mass is 315 g/mol. The Bertz CT molecular complexity index is 594. The Balaban J connectivity index is 0.000000422. The molecule has 0 fully saturated rings. The molecule has 0 aliphatic carbocycles. The van der Waals surface area contributed by atoms with Crippen LogP contribution in [-0.2, 0) is 6.54 Å². The van der Waals surface area contributed by atoms with Crippen LogP contribution in [0, 0.1) is 0 Å². The number of phenolic OH excluding ortho intramolecular Hbond substituents is 1. The Hall–Kier alpha value is -2.45. The molecule has 0 unspecified atom stereocenters. The molecule has 1 heterocycles. The van der Waals surface area contributed by atoms with E-state index in [1.165, 1.54) is 0 Å². The van der Waals surface area contributed by atoms with Gasteiger partial charge in [0.25, 0.3) is 0 Å². The average Bonchev–Trinajstić information content (AvgIpc) is 2.45. The molecule has 0 aliphatic rings. The van der Waals surface area contributed by atoms with E-state index in [2.05, 4.69) is 21.7 Å². The minimum absolute atomic E-state index is 0.229. The molecule has 1 aromatic heterocycles. The zero-order chi connectivity index (χ0) is 16.6. The normalized spacial score (nSPS) is 11.1. The van der Waals surface area contributed by atoms with Crippen LogP contribution in [0.25, 0.3) is 0 Å². The molecular formula is C13H14BF4N3O. The van der Waals surface area contributed by atoms with Gasteiger partial charge in [-0.1, -0.05) is 0 Å². The largest absolute Gasteiger partial charge is 0.673 e. The van der Waals surface area contributed by atoms with Gasteiger partial charge in [-0.3, -0.25) is 0 Å². The lowest BCUT2D eigenvalue weighted by Crippen LogP contribution is -2.30. The second-order valence-electron chi connectivity index (χ2n) is 4.10. The molecule has 9 heteroatoms. The lowest BCUT2D eigenvalue weighted by molar-refractivity contribution is -0.693. The molecule has 0 saturated heterocycles. The number of aromatic hydroxyl groups is 1. The Morgan fingerprint density at radius 1 is 0.909 bits per heavy atom. The van der Waals surface area contributed by atoms with Crippen LogP contribution < -0.4 is 4.57 Å². The highest BCUT2D eigenvalue weighted by Gasteiger charge is 2.20. The molecule has 0 atom stereocenters. The van der Waals surface area contributed by atoms with E-state index in [4.69, 9.17) is 5.11 Å². The molecule has 0 aliphatic heterocycles. The van der Waals surface area contributed by atoms with Crippen molar-refractivity contribution in [2.75, 3.05) is 0 Å². The highest BCUT2D eigenvalue weighted by atomic mass is 19.5. The second-order valence-corrected chi connectivity index (χ2v) is 4.10. The number of azo groups is 1. The third-order valence-electron chi connectivity index (χ3n) is 2.37. The quantitative estimate of drug-likeness (QED) is 0.388. The van der Waals surface area contributed by atoms with Crippen molar-refractivity contribution < 1.29 is 26.9 Å². The van der Waals surface area contributed by atoms with Crippen molar-refractivity contribution in [1.82, 2.24) is 0 Å². The zero-order valence-electron chi connectivity index (χ0n) is 11.7. The van der Waals surface area contributed by atoms with Gasteiger partial charge in [-0.2, -0.15) is 10.2 Å². The Labute approximate surface area is 124 Å². The summed E-state index contributed by atoms with van der Waals surface area (Å²) in [5.41, 5.74) is 1.53. The number of aromatic nitrogens is 1. The van der Waals surface area contributed by atoms with Gasteiger partial charge >= 0.3 is 7.25 Å². The first kappa shape index (κ1) is 17.6. The molecule has 0 bridgehead atoms. The molecule has 118 valence electrons. The number of benzene rings is 1. The number of phenols is 1. The van der Waals surface area contributed by atoms with Crippen LogP contribution in [0.3, 0.4) is 0 Å². The summed E-state index contributed by atoms with van der Waals surface area (Å²) in [7, 11) is -6.00. The molecule has 4 nitrogen and oxygen atoms in total. The Kier molecular flexibility index (Phi) is 6.49. The van der Waals surface area contributed by atoms with Crippen molar-refractivity contribution in [2.45, 2.75) is 13.5 Å². The molecule has 0 radical (unpaired) electrons. The van der Waals surface area contributed by atoms with Crippen molar-refractivity contribution >= 4 is 18.6 Å². The Morgan fingerprint density at radius 3 is 1.73 bits per heavy atom. The van der Waals surface area contributed by atoms with E-state index in [9.17, 15) is 17.3 Å². The average molecular weight is 315 g/mol. The molecule has 1 aromatic carbocycles. The van der Waals surface area contributed by atoms with E-state index >= 15 is 0 Å². The summed E-state index contributed by atoms with van der Waals surface area (Å²) in [6.45, 7) is 3.02. The van der Waals surface area contributed by atoms with E-state index in [0.29, 0.717) is 0 Å². The molecule has 0 saturated carbocycles. The molecule has 2 rings (SSSR count). The number of nitrogens with zero attached hydrogens (tertiary/aromatic N) is 3. The molecule has 2 aromatic rings. The van der Waals surface area contributed by atoms with Gasteiger partial charge < -0.3 is 22.4 Å². The number of pyridine rings is 1. The van der Waals surface area contributed by atoms with Gasteiger partial charge in [0.2, 0.25) is 0 Å². The minimum atomic E-state index is -6.00. The lowest BCUT2D eigenvalue weighted by atomic mass is 10.3. The van der Waals surface area contributed by atoms with E-state index in [1.807, 2.05) is 24.5 Å². The fraction of sp³-hybridized carbons (Fsp3) is 0.154. The summed E-state index contributed by atoms with van der Waals surface area (Å²) in [6, 6.07) is 10.4. The van der Waals surface area contributed by atoms with E-state index in [0.717, 1.165) is 17.9 Å². The molecule has 1 N–H and O–H groups in total. The first-order valence-electron chi connectivity index (χ1n) is 6.35. The third-order valence-corrected chi connectivity index (χ3v) is 2.37. The highest BCUT2D eigenvalue weighted by Crippen LogP contribution is 2.19. The fourth-order valence-electron chi connectivity index (χ4n) is 1.36. The van der Waals surface area contributed by atoms with Crippen molar-refractivity contribution in [3.63, 3.8) is 0 Å².